The van der Waals surface area contributed by atoms with Crippen LogP contribution in [0.4, 0.5) is 24.8 Å². The summed E-state index contributed by atoms with van der Waals surface area (Å²) in [6.45, 7) is 1.94. The van der Waals surface area contributed by atoms with Crippen LogP contribution in [0.3, 0.4) is 0 Å². The first-order chi connectivity index (χ1) is 14.3. The molecule has 0 aliphatic heterocycles. The number of alkyl halides is 3. The molecule has 7 heteroatoms. The van der Waals surface area contributed by atoms with Crippen molar-refractivity contribution in [1.29, 1.82) is 0 Å². The Kier molecular flexibility index (Phi) is 5.03. The number of nitrogens with zero attached hydrogens (tertiary/aromatic N) is 2. The highest BCUT2D eigenvalue weighted by Gasteiger charge is 2.33. The molecule has 4 rings (SSSR count). The molecule has 152 valence electrons. The van der Waals surface area contributed by atoms with Gasteiger partial charge in [-0.2, -0.15) is 13.2 Å². The predicted octanol–water partition coefficient (Wildman–Crippen LogP) is 5.97. The molecular weight excluding hydrogens is 391 g/mol. The number of aldehydes is 1. The Morgan fingerprint density at radius 3 is 2.47 bits per heavy atom. The summed E-state index contributed by atoms with van der Waals surface area (Å²) in [4.78, 5) is 15.5. The monoisotopic (exact) mass is 409 g/mol. The third kappa shape index (κ3) is 3.91. The minimum atomic E-state index is -4.44. The quantitative estimate of drug-likeness (QED) is 0.413. The zero-order valence-corrected chi connectivity index (χ0v) is 16.1. The molecule has 0 amide bonds. The first-order valence-corrected chi connectivity index (χ1v) is 9.29. The number of hydrogen-bond donors (Lipinski definition) is 1. The fraction of sp³-hybridized carbons (Fsp3) is 0.130. The molecule has 1 aromatic heterocycles. The number of aromatic nitrogens is 2. The van der Waals surface area contributed by atoms with E-state index in [1.807, 2.05) is 25.1 Å². The fourth-order valence-corrected chi connectivity index (χ4v) is 3.37. The number of carbonyl (C=O) groups excluding carboxylic acids is 1. The SMILES string of the molecule is Cc1ccc2c(c1)nc(Nc1ccc(C=O)cc1)n2Cc1ccccc1C(F)(F)F. The van der Waals surface area contributed by atoms with Crippen LogP contribution in [0.15, 0.2) is 66.7 Å². The van der Waals surface area contributed by atoms with E-state index >= 15 is 0 Å². The van der Waals surface area contributed by atoms with Gasteiger partial charge in [0.2, 0.25) is 5.95 Å². The summed E-state index contributed by atoms with van der Waals surface area (Å²) >= 11 is 0. The van der Waals surface area contributed by atoms with Crippen molar-refractivity contribution < 1.29 is 18.0 Å². The van der Waals surface area contributed by atoms with Gasteiger partial charge in [-0.3, -0.25) is 4.79 Å². The van der Waals surface area contributed by atoms with Crippen LogP contribution in [0.5, 0.6) is 0 Å². The normalized spacial score (nSPS) is 11.6. The number of hydrogen-bond acceptors (Lipinski definition) is 3. The molecule has 0 radical (unpaired) electrons. The Balaban J connectivity index is 1.80. The minimum Gasteiger partial charge on any atom is -0.326 e. The summed E-state index contributed by atoms with van der Waals surface area (Å²) in [7, 11) is 0. The van der Waals surface area contributed by atoms with Gasteiger partial charge in [0.1, 0.15) is 6.29 Å². The van der Waals surface area contributed by atoms with Crippen molar-refractivity contribution >= 4 is 29.0 Å². The number of benzene rings is 3. The molecule has 0 fully saturated rings. The third-order valence-corrected chi connectivity index (χ3v) is 4.86. The van der Waals surface area contributed by atoms with Crippen LogP contribution in [0.2, 0.25) is 0 Å². The molecule has 0 atom stereocenters. The van der Waals surface area contributed by atoms with Crippen molar-refractivity contribution in [2.45, 2.75) is 19.6 Å². The molecule has 4 nitrogen and oxygen atoms in total. The Labute approximate surface area is 171 Å². The van der Waals surface area contributed by atoms with E-state index in [9.17, 15) is 18.0 Å². The topological polar surface area (TPSA) is 46.9 Å². The van der Waals surface area contributed by atoms with E-state index in [2.05, 4.69) is 10.3 Å². The van der Waals surface area contributed by atoms with Crippen LogP contribution >= 0.6 is 0 Å². The number of fused-ring (bicyclic) bond motifs is 1. The molecule has 4 aromatic rings. The van der Waals surface area contributed by atoms with Crippen LogP contribution < -0.4 is 5.32 Å². The molecule has 1 heterocycles. The highest BCUT2D eigenvalue weighted by molar-refractivity contribution is 5.81. The summed E-state index contributed by atoms with van der Waals surface area (Å²) in [6.07, 6.45) is -3.70. The van der Waals surface area contributed by atoms with Crippen LogP contribution in [0, 0.1) is 6.92 Å². The lowest BCUT2D eigenvalue weighted by Crippen LogP contribution is -2.12. The van der Waals surface area contributed by atoms with E-state index in [-0.39, 0.29) is 12.1 Å². The predicted molar refractivity (Wildman–Crippen MR) is 110 cm³/mol. The van der Waals surface area contributed by atoms with Crippen molar-refractivity contribution in [3.05, 3.63) is 89.0 Å². The smallest absolute Gasteiger partial charge is 0.326 e. The maximum atomic E-state index is 13.5. The van der Waals surface area contributed by atoms with Crippen molar-refractivity contribution in [3.8, 4) is 0 Å². The highest BCUT2D eigenvalue weighted by Crippen LogP contribution is 2.33. The van der Waals surface area contributed by atoms with Crippen LogP contribution in [-0.2, 0) is 12.7 Å². The van der Waals surface area contributed by atoms with Gasteiger partial charge in [-0.15, -0.1) is 0 Å². The standard InChI is InChI=1S/C23H18F3N3O/c1-15-6-11-21-20(12-15)28-22(27-18-9-7-16(14-30)8-10-18)29(21)13-17-4-2-3-5-19(17)23(24,25)26/h2-12,14H,13H2,1H3,(H,27,28). The van der Waals surface area contributed by atoms with Gasteiger partial charge >= 0.3 is 6.18 Å². The van der Waals surface area contributed by atoms with Crippen LogP contribution in [0.25, 0.3) is 11.0 Å². The maximum Gasteiger partial charge on any atom is 0.416 e. The van der Waals surface area contributed by atoms with E-state index in [1.54, 1.807) is 34.9 Å². The summed E-state index contributed by atoms with van der Waals surface area (Å²) in [5.41, 5.74) is 3.12. The first-order valence-electron chi connectivity index (χ1n) is 9.29. The van der Waals surface area contributed by atoms with Crippen molar-refractivity contribution in [2.24, 2.45) is 0 Å². The average molecular weight is 409 g/mol. The van der Waals surface area contributed by atoms with E-state index in [0.29, 0.717) is 22.7 Å². The van der Waals surface area contributed by atoms with Gasteiger partial charge in [0, 0.05) is 11.3 Å². The zero-order valence-electron chi connectivity index (χ0n) is 16.1. The van der Waals surface area contributed by atoms with Crippen LogP contribution in [0.1, 0.15) is 27.0 Å². The number of imidazole rings is 1. The molecule has 1 N–H and O–H groups in total. The van der Waals surface area contributed by atoms with Crippen molar-refractivity contribution in [1.82, 2.24) is 9.55 Å². The Bertz CT molecular complexity index is 1210. The van der Waals surface area contributed by atoms with Gasteiger partial charge in [-0.1, -0.05) is 24.3 Å². The minimum absolute atomic E-state index is 0.00397. The Morgan fingerprint density at radius 2 is 1.77 bits per heavy atom. The van der Waals surface area contributed by atoms with E-state index in [4.69, 9.17) is 0 Å². The Hall–Kier alpha value is -3.61. The van der Waals surface area contributed by atoms with E-state index in [0.717, 1.165) is 23.4 Å². The molecule has 30 heavy (non-hydrogen) atoms. The number of aryl methyl sites for hydroxylation is 1. The second kappa shape index (κ2) is 7.67. The third-order valence-electron chi connectivity index (χ3n) is 4.86. The summed E-state index contributed by atoms with van der Waals surface area (Å²) in [6, 6.07) is 18.0. The average Bonchev–Trinajstić information content (AvgIpc) is 3.04. The fourth-order valence-electron chi connectivity index (χ4n) is 3.37. The van der Waals surface area contributed by atoms with Crippen molar-refractivity contribution in [2.75, 3.05) is 5.32 Å². The summed E-state index contributed by atoms with van der Waals surface area (Å²) in [5.74, 6) is 0.423. The summed E-state index contributed by atoms with van der Waals surface area (Å²) < 4.78 is 42.2. The molecule has 0 saturated carbocycles. The first kappa shape index (κ1) is 19.7. The number of rotatable bonds is 5. The lowest BCUT2D eigenvalue weighted by atomic mass is 10.1. The van der Waals surface area contributed by atoms with E-state index in [1.165, 1.54) is 12.1 Å². The summed E-state index contributed by atoms with van der Waals surface area (Å²) in [5, 5.41) is 3.17. The van der Waals surface area contributed by atoms with Gasteiger partial charge in [0.15, 0.2) is 0 Å². The lowest BCUT2D eigenvalue weighted by molar-refractivity contribution is -0.138. The Morgan fingerprint density at radius 1 is 1.03 bits per heavy atom. The molecule has 3 aromatic carbocycles. The highest BCUT2D eigenvalue weighted by atomic mass is 19.4. The maximum absolute atomic E-state index is 13.5. The molecule has 0 saturated heterocycles. The molecule has 0 spiro atoms. The van der Waals surface area contributed by atoms with Gasteiger partial charge in [0.25, 0.3) is 0 Å². The number of nitrogens with one attached hydrogen (secondary N) is 1. The zero-order chi connectivity index (χ0) is 21.3. The molecular formula is C23H18F3N3O. The number of halogens is 3. The number of carbonyl (C=O) groups is 1. The molecule has 0 aliphatic rings. The molecule has 0 aliphatic carbocycles. The van der Waals surface area contributed by atoms with Gasteiger partial charge in [-0.25, -0.2) is 4.98 Å². The van der Waals surface area contributed by atoms with Gasteiger partial charge in [-0.05, 0) is 60.5 Å². The second-order valence-corrected chi connectivity index (χ2v) is 7.03. The largest absolute Gasteiger partial charge is 0.416 e. The number of anilines is 2. The second-order valence-electron chi connectivity index (χ2n) is 7.03. The van der Waals surface area contributed by atoms with Gasteiger partial charge in [0.05, 0.1) is 23.1 Å². The van der Waals surface area contributed by atoms with Crippen LogP contribution in [-0.4, -0.2) is 15.8 Å². The molecule has 0 unspecified atom stereocenters. The molecule has 0 bridgehead atoms. The lowest BCUT2D eigenvalue weighted by Gasteiger charge is -2.16. The van der Waals surface area contributed by atoms with Gasteiger partial charge < -0.3 is 9.88 Å². The van der Waals surface area contributed by atoms with E-state index < -0.39 is 11.7 Å². The van der Waals surface area contributed by atoms with Crippen molar-refractivity contribution in [3.63, 3.8) is 0 Å².